The van der Waals surface area contributed by atoms with Crippen LogP contribution in [0.1, 0.15) is 42.6 Å². The molecule has 7 nitrogen and oxygen atoms in total. The van der Waals surface area contributed by atoms with Gasteiger partial charge in [0.2, 0.25) is 0 Å². The molecule has 1 heterocycles. The fourth-order valence-corrected chi connectivity index (χ4v) is 3.90. The zero-order valence-corrected chi connectivity index (χ0v) is 18.7. The second kappa shape index (κ2) is 11.2. The molecule has 0 aliphatic carbocycles. The minimum Gasteiger partial charge on any atom is -0.494 e. The highest BCUT2D eigenvalue weighted by Crippen LogP contribution is 2.34. The topological polar surface area (TPSA) is 114 Å². The van der Waals surface area contributed by atoms with E-state index in [-0.39, 0.29) is 17.9 Å². The van der Waals surface area contributed by atoms with Crippen molar-refractivity contribution in [2.45, 2.75) is 44.5 Å². The molecule has 8 heteroatoms. The lowest BCUT2D eigenvalue weighted by Gasteiger charge is -2.33. The minimum absolute atomic E-state index is 0.283. The van der Waals surface area contributed by atoms with Crippen LogP contribution in [0.4, 0.5) is 0 Å². The Balaban J connectivity index is 1.68. The van der Waals surface area contributed by atoms with Gasteiger partial charge in [0.05, 0.1) is 24.9 Å². The number of benzene rings is 2. The largest absolute Gasteiger partial charge is 0.494 e. The number of hydrogen-bond donors (Lipinski definition) is 4. The number of aliphatic carboxylic acids is 1. The van der Waals surface area contributed by atoms with Crippen molar-refractivity contribution in [2.24, 2.45) is 5.73 Å². The Morgan fingerprint density at radius 3 is 2.72 bits per heavy atom. The molecule has 0 aromatic heterocycles. The van der Waals surface area contributed by atoms with Crippen LogP contribution in [0.3, 0.4) is 0 Å². The standard InChI is InChI=1S/C24H29ClN2O5/c1-2-31-19-6-3-15(4-7-19)9-17-10-16(5-8-21(17)25)23-12-18(28)11-20(32-23)13-27-14-22(26)24(29)30/h3-8,10,14,18,20,23,27-28H,2,9,11-13,26H2,1H3,(H,29,30)/b22-14-. The van der Waals surface area contributed by atoms with E-state index in [1.807, 2.05) is 49.4 Å². The molecular formula is C24H29ClN2O5. The van der Waals surface area contributed by atoms with E-state index in [1.54, 1.807) is 0 Å². The van der Waals surface area contributed by atoms with Crippen molar-refractivity contribution >= 4 is 17.6 Å². The molecule has 2 aromatic rings. The summed E-state index contributed by atoms with van der Waals surface area (Å²) in [4.78, 5) is 10.8. The number of carboxylic acids is 1. The number of nitrogens with one attached hydrogen (secondary N) is 1. The van der Waals surface area contributed by atoms with Gasteiger partial charge in [-0.2, -0.15) is 0 Å². The lowest BCUT2D eigenvalue weighted by Crippen LogP contribution is -2.37. The second-order valence-electron chi connectivity index (χ2n) is 7.79. The Hall–Kier alpha value is -2.74. The van der Waals surface area contributed by atoms with Gasteiger partial charge in [-0.15, -0.1) is 0 Å². The first-order valence-corrected chi connectivity index (χ1v) is 11.0. The number of hydrogen-bond acceptors (Lipinski definition) is 6. The number of ether oxygens (including phenoxy) is 2. The van der Waals surface area contributed by atoms with Crippen molar-refractivity contribution in [3.05, 3.63) is 76.1 Å². The molecule has 32 heavy (non-hydrogen) atoms. The van der Waals surface area contributed by atoms with Gasteiger partial charge in [-0.05, 0) is 48.2 Å². The zero-order chi connectivity index (χ0) is 23.1. The fraction of sp³-hybridized carbons (Fsp3) is 0.375. The smallest absolute Gasteiger partial charge is 0.353 e. The van der Waals surface area contributed by atoms with E-state index in [4.69, 9.17) is 31.9 Å². The van der Waals surface area contributed by atoms with Crippen LogP contribution in [0.25, 0.3) is 0 Å². The third-order valence-electron chi connectivity index (χ3n) is 5.30. The number of nitrogens with two attached hydrogens (primary N) is 1. The average Bonchev–Trinajstić information content (AvgIpc) is 2.76. The number of aliphatic hydroxyl groups excluding tert-OH is 1. The summed E-state index contributed by atoms with van der Waals surface area (Å²) in [5, 5.41) is 22.7. The third kappa shape index (κ3) is 6.63. The van der Waals surface area contributed by atoms with Crippen molar-refractivity contribution in [1.82, 2.24) is 5.32 Å². The van der Waals surface area contributed by atoms with Gasteiger partial charge < -0.3 is 30.7 Å². The summed E-state index contributed by atoms with van der Waals surface area (Å²) in [5.74, 6) is -0.360. The molecule has 1 aliphatic heterocycles. The maximum absolute atomic E-state index is 10.8. The van der Waals surface area contributed by atoms with Crippen LogP contribution in [0.5, 0.6) is 5.75 Å². The SMILES string of the molecule is CCOc1ccc(Cc2cc(C3CC(O)CC(CN/C=C(\N)C(=O)O)O3)ccc2Cl)cc1. The molecule has 1 saturated heterocycles. The number of aliphatic hydroxyl groups is 1. The molecule has 1 aliphatic rings. The Morgan fingerprint density at radius 1 is 1.28 bits per heavy atom. The van der Waals surface area contributed by atoms with Crippen LogP contribution in [0.2, 0.25) is 5.02 Å². The Bertz CT molecular complexity index is 948. The predicted molar refractivity (Wildman–Crippen MR) is 123 cm³/mol. The van der Waals surface area contributed by atoms with Gasteiger partial charge in [0.15, 0.2) is 0 Å². The summed E-state index contributed by atoms with van der Waals surface area (Å²) >= 11 is 6.46. The molecule has 0 spiro atoms. The van der Waals surface area contributed by atoms with Crippen molar-refractivity contribution in [2.75, 3.05) is 13.2 Å². The highest BCUT2D eigenvalue weighted by atomic mass is 35.5. The van der Waals surface area contributed by atoms with Crippen LogP contribution in [0, 0.1) is 0 Å². The van der Waals surface area contributed by atoms with Crippen LogP contribution in [0.15, 0.2) is 54.4 Å². The summed E-state index contributed by atoms with van der Waals surface area (Å²) in [7, 11) is 0. The molecule has 0 radical (unpaired) electrons. The normalized spacial score (nSPS) is 21.2. The molecule has 0 saturated carbocycles. The molecule has 172 valence electrons. The lowest BCUT2D eigenvalue weighted by atomic mass is 9.94. The number of halogens is 1. The average molecular weight is 461 g/mol. The number of carboxylic acid groups (broad SMARTS) is 1. The van der Waals surface area contributed by atoms with E-state index in [1.165, 1.54) is 6.20 Å². The molecule has 3 unspecified atom stereocenters. The Kier molecular flexibility index (Phi) is 8.39. The first kappa shape index (κ1) is 23.9. The first-order chi connectivity index (χ1) is 15.4. The van der Waals surface area contributed by atoms with Gasteiger partial charge in [0.1, 0.15) is 11.4 Å². The van der Waals surface area contributed by atoms with Crippen LogP contribution in [-0.4, -0.2) is 41.5 Å². The predicted octanol–water partition coefficient (Wildman–Crippen LogP) is 3.38. The zero-order valence-electron chi connectivity index (χ0n) is 18.0. The van der Waals surface area contributed by atoms with Crippen molar-refractivity contribution < 1.29 is 24.5 Å². The Labute approximate surface area is 192 Å². The minimum atomic E-state index is -1.19. The third-order valence-corrected chi connectivity index (χ3v) is 5.67. The van der Waals surface area contributed by atoms with E-state index in [9.17, 15) is 9.90 Å². The lowest BCUT2D eigenvalue weighted by molar-refractivity contribution is -0.132. The first-order valence-electron chi connectivity index (χ1n) is 10.6. The Morgan fingerprint density at radius 2 is 2.03 bits per heavy atom. The molecule has 3 rings (SSSR count). The summed E-state index contributed by atoms with van der Waals surface area (Å²) in [6.45, 7) is 2.92. The van der Waals surface area contributed by atoms with E-state index in [0.717, 1.165) is 22.4 Å². The van der Waals surface area contributed by atoms with Gasteiger partial charge in [0.25, 0.3) is 0 Å². The monoisotopic (exact) mass is 460 g/mol. The number of carbonyl (C=O) groups is 1. The maximum atomic E-state index is 10.8. The molecule has 3 atom stereocenters. The van der Waals surface area contributed by atoms with Crippen LogP contribution < -0.4 is 15.8 Å². The van der Waals surface area contributed by atoms with E-state index >= 15 is 0 Å². The highest BCUT2D eigenvalue weighted by molar-refractivity contribution is 6.31. The molecular weight excluding hydrogens is 432 g/mol. The van der Waals surface area contributed by atoms with Crippen molar-refractivity contribution in [3.8, 4) is 5.75 Å². The van der Waals surface area contributed by atoms with Gasteiger partial charge in [0, 0.05) is 30.6 Å². The summed E-state index contributed by atoms with van der Waals surface area (Å²) in [5.41, 5.74) is 8.13. The maximum Gasteiger partial charge on any atom is 0.353 e. The molecule has 0 bridgehead atoms. The van der Waals surface area contributed by atoms with Gasteiger partial charge in [-0.3, -0.25) is 0 Å². The van der Waals surface area contributed by atoms with Gasteiger partial charge in [-0.25, -0.2) is 4.79 Å². The molecule has 0 amide bonds. The summed E-state index contributed by atoms with van der Waals surface area (Å²) in [6.07, 6.45) is 1.74. The van der Waals surface area contributed by atoms with E-state index < -0.39 is 12.1 Å². The van der Waals surface area contributed by atoms with Crippen LogP contribution >= 0.6 is 11.6 Å². The molecule has 5 N–H and O–H groups in total. The number of rotatable bonds is 9. The van der Waals surface area contributed by atoms with E-state index in [2.05, 4.69) is 5.32 Å². The summed E-state index contributed by atoms with van der Waals surface area (Å²) in [6, 6.07) is 13.7. The second-order valence-corrected chi connectivity index (χ2v) is 8.20. The van der Waals surface area contributed by atoms with Crippen LogP contribution in [-0.2, 0) is 16.0 Å². The highest BCUT2D eigenvalue weighted by Gasteiger charge is 2.29. The molecule has 1 fully saturated rings. The summed E-state index contributed by atoms with van der Waals surface area (Å²) < 4.78 is 11.7. The van der Waals surface area contributed by atoms with Crippen molar-refractivity contribution in [1.29, 1.82) is 0 Å². The van der Waals surface area contributed by atoms with Gasteiger partial charge >= 0.3 is 5.97 Å². The van der Waals surface area contributed by atoms with Gasteiger partial charge in [-0.1, -0.05) is 35.9 Å². The fourth-order valence-electron chi connectivity index (χ4n) is 3.72. The molecule has 2 aromatic carbocycles. The quantitative estimate of drug-likeness (QED) is 0.424. The van der Waals surface area contributed by atoms with E-state index in [0.29, 0.717) is 37.4 Å². The van der Waals surface area contributed by atoms with Crippen molar-refractivity contribution in [3.63, 3.8) is 0 Å².